The first-order chi connectivity index (χ1) is 9.13. The van der Waals surface area contributed by atoms with Gasteiger partial charge in [-0.25, -0.2) is 9.37 Å². The highest BCUT2D eigenvalue weighted by Crippen LogP contribution is 2.29. The van der Waals surface area contributed by atoms with Crippen LogP contribution in [0.4, 0.5) is 10.2 Å². The molecular formula is C15H24FN3. The molecule has 106 valence electrons. The minimum absolute atomic E-state index is 0.162. The molecule has 0 aromatic carbocycles. The number of nitrogens with one attached hydrogen (secondary N) is 1. The fourth-order valence-electron chi connectivity index (χ4n) is 2.79. The molecule has 0 saturated carbocycles. The quantitative estimate of drug-likeness (QED) is 0.907. The van der Waals surface area contributed by atoms with Gasteiger partial charge in [0.1, 0.15) is 0 Å². The van der Waals surface area contributed by atoms with Crippen LogP contribution in [0.25, 0.3) is 0 Å². The highest BCUT2D eigenvalue weighted by molar-refractivity contribution is 5.44. The van der Waals surface area contributed by atoms with Gasteiger partial charge in [-0.1, -0.05) is 13.8 Å². The van der Waals surface area contributed by atoms with E-state index >= 15 is 0 Å². The van der Waals surface area contributed by atoms with Gasteiger partial charge < -0.3 is 10.2 Å². The SMILES string of the molecule is CCNCc1ccnc(N2CCC(C)CC2C)c1F. The predicted octanol–water partition coefficient (Wildman–Crippen LogP) is 2.96. The zero-order chi connectivity index (χ0) is 13.8. The number of nitrogens with zero attached hydrogens (tertiary/aromatic N) is 2. The van der Waals surface area contributed by atoms with Gasteiger partial charge in [0.2, 0.25) is 0 Å². The van der Waals surface area contributed by atoms with Gasteiger partial charge in [0, 0.05) is 30.9 Å². The molecule has 0 aliphatic carbocycles. The summed E-state index contributed by atoms with van der Waals surface area (Å²) < 4.78 is 14.5. The number of halogens is 1. The van der Waals surface area contributed by atoms with Crippen molar-refractivity contribution in [3.8, 4) is 0 Å². The molecule has 2 heterocycles. The van der Waals surface area contributed by atoms with E-state index in [1.165, 1.54) is 0 Å². The monoisotopic (exact) mass is 265 g/mol. The Hall–Kier alpha value is -1.16. The highest BCUT2D eigenvalue weighted by atomic mass is 19.1. The van der Waals surface area contributed by atoms with Gasteiger partial charge in [-0.05, 0) is 38.3 Å². The van der Waals surface area contributed by atoms with Gasteiger partial charge in [-0.2, -0.15) is 0 Å². The number of rotatable bonds is 4. The van der Waals surface area contributed by atoms with E-state index in [9.17, 15) is 4.39 Å². The number of piperidine rings is 1. The van der Waals surface area contributed by atoms with Crippen molar-refractivity contribution in [1.29, 1.82) is 0 Å². The number of pyridine rings is 1. The average Bonchev–Trinajstić information content (AvgIpc) is 2.38. The fraction of sp³-hybridized carbons (Fsp3) is 0.667. The van der Waals surface area contributed by atoms with Crippen LogP contribution in [0.5, 0.6) is 0 Å². The van der Waals surface area contributed by atoms with Crippen molar-refractivity contribution in [2.24, 2.45) is 5.92 Å². The summed E-state index contributed by atoms with van der Waals surface area (Å²) in [5, 5.41) is 3.17. The zero-order valence-electron chi connectivity index (χ0n) is 12.1. The molecule has 1 aliphatic rings. The van der Waals surface area contributed by atoms with Gasteiger partial charge in [0.25, 0.3) is 0 Å². The Morgan fingerprint density at radius 3 is 2.95 bits per heavy atom. The molecule has 2 rings (SSSR count). The van der Waals surface area contributed by atoms with Crippen LogP contribution in [0.2, 0.25) is 0 Å². The van der Waals surface area contributed by atoms with Crippen molar-refractivity contribution in [3.05, 3.63) is 23.6 Å². The van der Waals surface area contributed by atoms with E-state index in [2.05, 4.69) is 29.0 Å². The van der Waals surface area contributed by atoms with Gasteiger partial charge in [-0.3, -0.25) is 0 Å². The van der Waals surface area contributed by atoms with Crippen LogP contribution in [0, 0.1) is 11.7 Å². The molecule has 1 aliphatic heterocycles. The van der Waals surface area contributed by atoms with E-state index in [0.717, 1.165) is 31.8 Å². The van der Waals surface area contributed by atoms with Crippen LogP contribution in [-0.4, -0.2) is 24.1 Å². The minimum Gasteiger partial charge on any atom is -0.351 e. The topological polar surface area (TPSA) is 28.2 Å². The van der Waals surface area contributed by atoms with Gasteiger partial charge in [-0.15, -0.1) is 0 Å². The summed E-state index contributed by atoms with van der Waals surface area (Å²) in [5.41, 5.74) is 0.706. The van der Waals surface area contributed by atoms with Gasteiger partial charge in [0.05, 0.1) is 0 Å². The fourth-order valence-corrected chi connectivity index (χ4v) is 2.79. The number of anilines is 1. The van der Waals surface area contributed by atoms with Crippen LogP contribution in [0.15, 0.2) is 12.3 Å². The summed E-state index contributed by atoms with van der Waals surface area (Å²) in [6.45, 7) is 8.75. The molecule has 0 amide bonds. The largest absolute Gasteiger partial charge is 0.351 e. The molecule has 1 saturated heterocycles. The lowest BCUT2D eigenvalue weighted by molar-refractivity contribution is 0.372. The molecule has 2 atom stereocenters. The second-order valence-corrected chi connectivity index (χ2v) is 5.56. The molecule has 2 unspecified atom stereocenters. The Labute approximate surface area is 115 Å². The molecule has 3 nitrogen and oxygen atoms in total. The molecule has 1 N–H and O–H groups in total. The van der Waals surface area contributed by atoms with E-state index in [0.29, 0.717) is 24.0 Å². The molecule has 1 fully saturated rings. The third-order valence-electron chi connectivity index (χ3n) is 3.93. The normalized spacial score (nSPS) is 23.7. The third-order valence-corrected chi connectivity index (χ3v) is 3.93. The Balaban J connectivity index is 2.19. The molecule has 1 aromatic heterocycles. The van der Waals surface area contributed by atoms with Crippen molar-refractivity contribution in [2.75, 3.05) is 18.0 Å². The Morgan fingerprint density at radius 2 is 2.26 bits per heavy atom. The van der Waals surface area contributed by atoms with Gasteiger partial charge >= 0.3 is 0 Å². The Kier molecular flexibility index (Phi) is 4.75. The van der Waals surface area contributed by atoms with Crippen molar-refractivity contribution in [1.82, 2.24) is 10.3 Å². The predicted molar refractivity (Wildman–Crippen MR) is 76.8 cm³/mol. The van der Waals surface area contributed by atoms with Crippen LogP contribution in [0.3, 0.4) is 0 Å². The van der Waals surface area contributed by atoms with Crippen molar-refractivity contribution < 1.29 is 4.39 Å². The van der Waals surface area contributed by atoms with Crippen LogP contribution < -0.4 is 10.2 Å². The molecule has 19 heavy (non-hydrogen) atoms. The number of aromatic nitrogens is 1. The Morgan fingerprint density at radius 1 is 1.47 bits per heavy atom. The summed E-state index contributed by atoms with van der Waals surface area (Å²) in [4.78, 5) is 6.39. The smallest absolute Gasteiger partial charge is 0.170 e. The maximum atomic E-state index is 14.5. The molecule has 0 spiro atoms. The Bertz CT molecular complexity index is 422. The first-order valence-electron chi connectivity index (χ1n) is 7.24. The molecule has 1 aromatic rings. The second kappa shape index (κ2) is 6.33. The van der Waals surface area contributed by atoms with Crippen LogP contribution >= 0.6 is 0 Å². The molecule has 0 bridgehead atoms. The van der Waals surface area contributed by atoms with E-state index in [4.69, 9.17) is 0 Å². The highest BCUT2D eigenvalue weighted by Gasteiger charge is 2.26. The summed E-state index contributed by atoms with van der Waals surface area (Å²) in [6, 6.07) is 2.12. The van der Waals surface area contributed by atoms with Crippen LogP contribution in [0.1, 0.15) is 39.2 Å². The van der Waals surface area contributed by atoms with Crippen LogP contribution in [-0.2, 0) is 6.54 Å². The van der Waals surface area contributed by atoms with E-state index in [1.807, 2.05) is 6.92 Å². The van der Waals surface area contributed by atoms with E-state index < -0.39 is 0 Å². The summed E-state index contributed by atoms with van der Waals surface area (Å²) in [5.74, 6) is 1.08. The zero-order valence-corrected chi connectivity index (χ0v) is 12.1. The van der Waals surface area contributed by atoms with E-state index in [-0.39, 0.29) is 5.82 Å². The maximum Gasteiger partial charge on any atom is 0.170 e. The minimum atomic E-state index is -0.162. The standard InChI is InChI=1S/C15H24FN3/c1-4-17-10-13-5-7-18-15(14(13)16)19-8-6-11(2)9-12(19)3/h5,7,11-12,17H,4,6,8-10H2,1-3H3. The first kappa shape index (κ1) is 14.3. The lowest BCUT2D eigenvalue weighted by Gasteiger charge is -2.37. The molecule has 4 heteroatoms. The number of hydrogen-bond acceptors (Lipinski definition) is 3. The third kappa shape index (κ3) is 3.24. The van der Waals surface area contributed by atoms with Crippen molar-refractivity contribution >= 4 is 5.82 Å². The number of hydrogen-bond donors (Lipinski definition) is 1. The van der Waals surface area contributed by atoms with Crippen molar-refractivity contribution in [2.45, 2.75) is 46.2 Å². The lowest BCUT2D eigenvalue weighted by atomic mass is 9.93. The lowest BCUT2D eigenvalue weighted by Crippen LogP contribution is -2.41. The second-order valence-electron chi connectivity index (χ2n) is 5.56. The first-order valence-corrected chi connectivity index (χ1v) is 7.24. The summed E-state index contributed by atoms with van der Waals surface area (Å²) >= 11 is 0. The van der Waals surface area contributed by atoms with Crippen molar-refractivity contribution in [3.63, 3.8) is 0 Å². The molecule has 0 radical (unpaired) electrons. The van der Waals surface area contributed by atoms with Gasteiger partial charge in [0.15, 0.2) is 11.6 Å². The average molecular weight is 265 g/mol. The van der Waals surface area contributed by atoms with E-state index in [1.54, 1.807) is 12.3 Å². The summed E-state index contributed by atoms with van der Waals surface area (Å²) in [7, 11) is 0. The maximum absolute atomic E-state index is 14.5. The molecular weight excluding hydrogens is 241 g/mol. The summed E-state index contributed by atoms with van der Waals surface area (Å²) in [6.07, 6.45) is 3.94.